The molecule has 1 aromatic carbocycles. The van der Waals surface area contributed by atoms with Crippen molar-refractivity contribution in [3.63, 3.8) is 0 Å². The van der Waals surface area contributed by atoms with E-state index in [9.17, 15) is 17.6 Å². The second-order valence-electron chi connectivity index (χ2n) is 3.80. The van der Waals surface area contributed by atoms with E-state index >= 15 is 0 Å². The minimum atomic E-state index is -3.99. The zero-order valence-corrected chi connectivity index (χ0v) is 12.9. The fraction of sp³-hybridized carbons (Fsp3) is 0.0909. The Morgan fingerprint density at radius 2 is 2.15 bits per heavy atom. The number of aromatic nitrogens is 1. The van der Waals surface area contributed by atoms with Gasteiger partial charge in [-0.2, -0.15) is 0 Å². The smallest absolute Gasteiger partial charge is 0.338 e. The molecule has 2 rings (SSSR count). The van der Waals surface area contributed by atoms with Gasteiger partial charge in [-0.3, -0.25) is 4.98 Å². The quantitative estimate of drug-likeness (QED) is 0.882. The molecule has 2 aromatic rings. The normalized spacial score (nSPS) is 11.5. The molecule has 106 valence electrons. The standard InChI is InChI=1S/C11H7BrFNO4S2/c12-6-1-8(11(15)16)10(13)9(2-6)20(17,18)4-7-3-14-5-19-7/h1-3,5H,4H2,(H,15,16). The van der Waals surface area contributed by atoms with E-state index in [1.54, 1.807) is 0 Å². The lowest BCUT2D eigenvalue weighted by Crippen LogP contribution is -2.11. The van der Waals surface area contributed by atoms with E-state index in [1.165, 1.54) is 11.7 Å². The molecule has 0 spiro atoms. The fourth-order valence-corrected chi connectivity index (χ4v) is 4.54. The van der Waals surface area contributed by atoms with Crippen LogP contribution in [0, 0.1) is 5.82 Å². The van der Waals surface area contributed by atoms with E-state index in [-0.39, 0.29) is 4.47 Å². The summed E-state index contributed by atoms with van der Waals surface area (Å²) >= 11 is 4.11. The van der Waals surface area contributed by atoms with Crippen LogP contribution < -0.4 is 0 Å². The van der Waals surface area contributed by atoms with Gasteiger partial charge >= 0.3 is 5.97 Å². The van der Waals surface area contributed by atoms with Crippen LogP contribution in [0.2, 0.25) is 0 Å². The van der Waals surface area contributed by atoms with Gasteiger partial charge in [-0.25, -0.2) is 17.6 Å². The molecule has 1 heterocycles. The monoisotopic (exact) mass is 379 g/mol. The molecule has 0 radical (unpaired) electrons. The molecule has 0 amide bonds. The Morgan fingerprint density at radius 3 is 2.70 bits per heavy atom. The van der Waals surface area contributed by atoms with Crippen molar-refractivity contribution >= 4 is 43.1 Å². The molecule has 0 aliphatic carbocycles. The summed E-state index contributed by atoms with van der Waals surface area (Å²) < 4.78 is 38.6. The van der Waals surface area contributed by atoms with Crippen LogP contribution in [0.1, 0.15) is 15.2 Å². The maximum absolute atomic E-state index is 14.0. The topological polar surface area (TPSA) is 84.3 Å². The first kappa shape index (κ1) is 15.1. The molecule has 0 saturated carbocycles. The number of thiazole rings is 1. The summed E-state index contributed by atoms with van der Waals surface area (Å²) in [5.41, 5.74) is 0.771. The second-order valence-corrected chi connectivity index (χ2v) is 7.64. The number of carbonyl (C=O) groups is 1. The summed E-state index contributed by atoms with van der Waals surface area (Å²) in [4.78, 5) is 14.5. The van der Waals surface area contributed by atoms with Crippen molar-refractivity contribution in [2.75, 3.05) is 0 Å². The van der Waals surface area contributed by atoms with Crippen molar-refractivity contribution in [1.29, 1.82) is 0 Å². The third-order valence-electron chi connectivity index (χ3n) is 2.39. The van der Waals surface area contributed by atoms with E-state index < -0.39 is 37.8 Å². The fourth-order valence-electron chi connectivity index (χ4n) is 1.52. The summed E-state index contributed by atoms with van der Waals surface area (Å²) in [6.45, 7) is 0. The van der Waals surface area contributed by atoms with Gasteiger partial charge in [0.25, 0.3) is 0 Å². The number of rotatable bonds is 4. The molecule has 9 heteroatoms. The highest BCUT2D eigenvalue weighted by Gasteiger charge is 2.25. The average molecular weight is 380 g/mol. The lowest BCUT2D eigenvalue weighted by atomic mass is 10.2. The van der Waals surface area contributed by atoms with E-state index in [0.29, 0.717) is 4.88 Å². The van der Waals surface area contributed by atoms with Gasteiger partial charge in [-0.15, -0.1) is 11.3 Å². The van der Waals surface area contributed by atoms with E-state index in [0.717, 1.165) is 23.5 Å². The van der Waals surface area contributed by atoms with Gasteiger partial charge in [0.1, 0.15) is 4.90 Å². The maximum atomic E-state index is 14.0. The van der Waals surface area contributed by atoms with Crippen LogP contribution in [0.5, 0.6) is 0 Å². The first-order chi connectivity index (χ1) is 9.31. The van der Waals surface area contributed by atoms with Gasteiger partial charge in [-0.1, -0.05) is 15.9 Å². The predicted octanol–water partition coefficient (Wildman–Crippen LogP) is 2.72. The van der Waals surface area contributed by atoms with Crippen molar-refractivity contribution in [3.05, 3.63) is 44.6 Å². The molecule has 0 aliphatic heterocycles. The Hall–Kier alpha value is -1.32. The summed E-state index contributed by atoms with van der Waals surface area (Å²) in [7, 11) is -3.99. The van der Waals surface area contributed by atoms with Gasteiger partial charge in [0, 0.05) is 15.5 Å². The molecule has 1 N–H and O–H groups in total. The molecular weight excluding hydrogens is 373 g/mol. The summed E-state index contributed by atoms with van der Waals surface area (Å²) in [5.74, 6) is -3.22. The first-order valence-electron chi connectivity index (χ1n) is 5.13. The Bertz CT molecular complexity index is 759. The zero-order chi connectivity index (χ0) is 14.9. The molecule has 0 saturated heterocycles. The Morgan fingerprint density at radius 1 is 1.45 bits per heavy atom. The summed E-state index contributed by atoms with van der Waals surface area (Å²) in [6.07, 6.45) is 1.37. The van der Waals surface area contributed by atoms with Crippen LogP contribution in [0.4, 0.5) is 4.39 Å². The maximum Gasteiger partial charge on any atom is 0.338 e. The largest absolute Gasteiger partial charge is 0.478 e. The first-order valence-corrected chi connectivity index (χ1v) is 8.46. The highest BCUT2D eigenvalue weighted by molar-refractivity contribution is 9.10. The van der Waals surface area contributed by atoms with Gasteiger partial charge < -0.3 is 5.11 Å². The number of benzene rings is 1. The predicted molar refractivity (Wildman–Crippen MR) is 74.1 cm³/mol. The van der Waals surface area contributed by atoms with Crippen molar-refractivity contribution < 1.29 is 22.7 Å². The minimum Gasteiger partial charge on any atom is -0.478 e. The van der Waals surface area contributed by atoms with Gasteiger partial charge in [0.05, 0.1) is 16.8 Å². The lowest BCUT2D eigenvalue weighted by Gasteiger charge is -2.07. The van der Waals surface area contributed by atoms with Crippen molar-refractivity contribution in [1.82, 2.24) is 4.98 Å². The number of nitrogens with zero attached hydrogens (tertiary/aromatic N) is 1. The Balaban J connectivity index is 2.54. The van der Waals surface area contributed by atoms with Gasteiger partial charge in [0.2, 0.25) is 0 Å². The van der Waals surface area contributed by atoms with Crippen molar-refractivity contribution in [2.45, 2.75) is 10.6 Å². The third-order valence-corrected chi connectivity index (χ3v) is 5.46. The lowest BCUT2D eigenvalue weighted by molar-refractivity contribution is 0.0691. The van der Waals surface area contributed by atoms with Crippen LogP contribution in [-0.2, 0) is 15.6 Å². The molecule has 0 fully saturated rings. The molecule has 20 heavy (non-hydrogen) atoms. The van der Waals surface area contributed by atoms with Crippen molar-refractivity contribution in [2.24, 2.45) is 0 Å². The minimum absolute atomic E-state index is 0.180. The number of aromatic carboxylic acids is 1. The number of hydrogen-bond donors (Lipinski definition) is 1. The molecule has 0 bridgehead atoms. The van der Waals surface area contributed by atoms with E-state index in [1.807, 2.05) is 0 Å². The Labute approximate surface area is 126 Å². The molecule has 5 nitrogen and oxygen atoms in total. The number of carboxylic acid groups (broad SMARTS) is 1. The van der Waals surface area contributed by atoms with Crippen LogP contribution >= 0.6 is 27.3 Å². The highest BCUT2D eigenvalue weighted by Crippen LogP contribution is 2.27. The summed E-state index contributed by atoms with van der Waals surface area (Å²) in [6, 6.07) is 2.07. The number of carboxylic acids is 1. The molecule has 0 unspecified atom stereocenters. The van der Waals surface area contributed by atoms with Crippen LogP contribution in [0.15, 0.2) is 33.2 Å². The van der Waals surface area contributed by atoms with Gasteiger partial charge in [-0.05, 0) is 12.1 Å². The van der Waals surface area contributed by atoms with Gasteiger partial charge in [0.15, 0.2) is 15.7 Å². The van der Waals surface area contributed by atoms with E-state index in [4.69, 9.17) is 5.11 Å². The third kappa shape index (κ3) is 3.05. The molecule has 1 aromatic heterocycles. The Kier molecular flexibility index (Phi) is 4.21. The number of halogens is 2. The molecule has 0 atom stereocenters. The molecule has 0 aliphatic rings. The van der Waals surface area contributed by atoms with E-state index in [2.05, 4.69) is 20.9 Å². The zero-order valence-electron chi connectivity index (χ0n) is 9.71. The highest BCUT2D eigenvalue weighted by atomic mass is 79.9. The number of hydrogen-bond acceptors (Lipinski definition) is 5. The van der Waals surface area contributed by atoms with Crippen LogP contribution in [0.3, 0.4) is 0 Å². The summed E-state index contributed by atoms with van der Waals surface area (Å²) in [5, 5.41) is 8.87. The number of sulfone groups is 1. The van der Waals surface area contributed by atoms with Crippen molar-refractivity contribution in [3.8, 4) is 0 Å². The van der Waals surface area contributed by atoms with Crippen LogP contribution in [0.25, 0.3) is 0 Å². The van der Waals surface area contributed by atoms with Crippen LogP contribution in [-0.4, -0.2) is 24.5 Å². The average Bonchev–Trinajstić information content (AvgIpc) is 2.83. The SMILES string of the molecule is O=C(O)c1cc(Br)cc(S(=O)(=O)Cc2cncs2)c1F. The second kappa shape index (κ2) is 5.58. The molecular formula is C11H7BrFNO4S2.